The second-order valence-corrected chi connectivity index (χ2v) is 6.51. The lowest BCUT2D eigenvalue weighted by Gasteiger charge is -2.40. The molecule has 104 valence electrons. The van der Waals surface area contributed by atoms with Crippen LogP contribution in [0.2, 0.25) is 5.02 Å². The highest BCUT2D eigenvalue weighted by molar-refractivity contribution is 6.30. The Morgan fingerprint density at radius 3 is 2.58 bits per heavy atom. The average molecular weight is 280 g/mol. The molecule has 19 heavy (non-hydrogen) atoms. The number of nitrogens with two attached hydrogens (primary N) is 1. The van der Waals surface area contributed by atoms with E-state index in [1.807, 2.05) is 12.1 Å². The second kappa shape index (κ2) is 5.43. The largest absolute Gasteiger partial charge is 0.375 e. The van der Waals surface area contributed by atoms with Crippen molar-refractivity contribution in [2.45, 2.75) is 50.2 Å². The second-order valence-electron chi connectivity index (χ2n) is 6.07. The van der Waals surface area contributed by atoms with E-state index in [0.29, 0.717) is 5.92 Å². The third kappa shape index (κ3) is 2.81. The van der Waals surface area contributed by atoms with E-state index in [9.17, 15) is 0 Å². The third-order valence-corrected chi connectivity index (χ3v) is 5.06. The molecule has 3 rings (SSSR count). The van der Waals surface area contributed by atoms with Gasteiger partial charge in [-0.3, -0.25) is 0 Å². The van der Waals surface area contributed by atoms with Crippen LogP contribution in [0.25, 0.3) is 0 Å². The minimum Gasteiger partial charge on any atom is -0.375 e. The Bertz CT molecular complexity index is 425. The molecule has 1 saturated heterocycles. The molecule has 0 aromatic heterocycles. The average Bonchev–Trinajstić information content (AvgIpc) is 2.87. The molecule has 1 heterocycles. The molecule has 2 N–H and O–H groups in total. The van der Waals surface area contributed by atoms with E-state index in [1.165, 1.54) is 31.2 Å². The third-order valence-electron chi connectivity index (χ3n) is 4.81. The first-order valence-electron chi connectivity index (χ1n) is 7.34. The van der Waals surface area contributed by atoms with Crippen molar-refractivity contribution in [2.75, 3.05) is 6.61 Å². The molecular formula is C16H22ClNO. The van der Waals surface area contributed by atoms with Gasteiger partial charge >= 0.3 is 0 Å². The summed E-state index contributed by atoms with van der Waals surface area (Å²) in [5.74, 6) is 0.535. The fraction of sp³-hybridized carbons (Fsp3) is 0.625. The first-order chi connectivity index (χ1) is 9.19. The summed E-state index contributed by atoms with van der Waals surface area (Å²) in [4.78, 5) is 0. The maximum Gasteiger partial charge on any atom is 0.0685 e. The van der Waals surface area contributed by atoms with Crippen LogP contribution >= 0.6 is 11.6 Å². The summed E-state index contributed by atoms with van der Waals surface area (Å²) in [5, 5.41) is 0.773. The zero-order valence-corrected chi connectivity index (χ0v) is 12.0. The first kappa shape index (κ1) is 13.4. The number of ether oxygens (including phenoxy) is 1. The molecule has 0 bridgehead atoms. The van der Waals surface area contributed by atoms with Crippen molar-refractivity contribution in [3.63, 3.8) is 0 Å². The van der Waals surface area contributed by atoms with Gasteiger partial charge < -0.3 is 10.5 Å². The smallest absolute Gasteiger partial charge is 0.0685 e. The van der Waals surface area contributed by atoms with Crippen LogP contribution in [0.4, 0.5) is 0 Å². The molecule has 1 aliphatic carbocycles. The van der Waals surface area contributed by atoms with Crippen molar-refractivity contribution in [1.29, 1.82) is 0 Å². The van der Waals surface area contributed by atoms with Crippen molar-refractivity contribution in [2.24, 2.45) is 11.7 Å². The van der Waals surface area contributed by atoms with Gasteiger partial charge in [-0.15, -0.1) is 0 Å². The zero-order valence-electron chi connectivity index (χ0n) is 11.3. The van der Waals surface area contributed by atoms with E-state index in [2.05, 4.69) is 12.1 Å². The van der Waals surface area contributed by atoms with Gasteiger partial charge in [-0.05, 0) is 49.3 Å². The zero-order chi connectivity index (χ0) is 13.3. The highest BCUT2D eigenvalue weighted by Crippen LogP contribution is 2.44. The van der Waals surface area contributed by atoms with E-state index >= 15 is 0 Å². The molecule has 2 atom stereocenters. The summed E-state index contributed by atoms with van der Waals surface area (Å²) in [5.41, 5.74) is 7.82. The predicted octanol–water partition coefficient (Wildman–Crippen LogP) is 4.08. The first-order valence-corrected chi connectivity index (χ1v) is 7.71. The molecule has 2 aliphatic rings. The van der Waals surface area contributed by atoms with Crippen LogP contribution in [-0.4, -0.2) is 12.2 Å². The van der Waals surface area contributed by atoms with E-state index in [4.69, 9.17) is 22.1 Å². The van der Waals surface area contributed by atoms with Gasteiger partial charge in [0.15, 0.2) is 0 Å². The minimum atomic E-state index is 0.110. The molecule has 2 fully saturated rings. The lowest BCUT2D eigenvalue weighted by molar-refractivity contribution is -0.0963. The van der Waals surface area contributed by atoms with Crippen LogP contribution in [0, 0.1) is 5.92 Å². The van der Waals surface area contributed by atoms with Crippen LogP contribution in [0.15, 0.2) is 24.3 Å². The van der Waals surface area contributed by atoms with Crippen LogP contribution in [0.5, 0.6) is 0 Å². The Morgan fingerprint density at radius 2 is 1.89 bits per heavy atom. The number of rotatable bonds is 2. The fourth-order valence-electron chi connectivity index (χ4n) is 3.70. The van der Waals surface area contributed by atoms with Crippen LogP contribution in [0.3, 0.4) is 0 Å². The van der Waals surface area contributed by atoms with Gasteiger partial charge in [0, 0.05) is 17.7 Å². The number of halogens is 1. The van der Waals surface area contributed by atoms with Crippen LogP contribution < -0.4 is 5.73 Å². The maximum atomic E-state index is 6.47. The van der Waals surface area contributed by atoms with Crippen molar-refractivity contribution in [3.05, 3.63) is 34.9 Å². The summed E-state index contributed by atoms with van der Waals surface area (Å²) in [6, 6.07) is 8.09. The standard InChI is InChI=1S/C16H22ClNO/c17-14-5-3-12(4-6-14)15(18)13-7-10-19-16(11-13)8-1-2-9-16/h3-6,13,15H,1-2,7-11,18H2. The van der Waals surface area contributed by atoms with E-state index in [0.717, 1.165) is 24.5 Å². The number of benzene rings is 1. The van der Waals surface area contributed by atoms with Gasteiger partial charge in [0.2, 0.25) is 0 Å². The molecule has 1 spiro atoms. The Balaban J connectivity index is 1.72. The molecule has 1 saturated carbocycles. The van der Waals surface area contributed by atoms with E-state index < -0.39 is 0 Å². The number of hydrogen-bond acceptors (Lipinski definition) is 2. The quantitative estimate of drug-likeness (QED) is 0.885. The topological polar surface area (TPSA) is 35.2 Å². The van der Waals surface area contributed by atoms with Gasteiger partial charge in [0.05, 0.1) is 5.60 Å². The lowest BCUT2D eigenvalue weighted by Crippen LogP contribution is -2.40. The summed E-state index contributed by atoms with van der Waals surface area (Å²) < 4.78 is 6.09. The molecule has 0 amide bonds. The Morgan fingerprint density at radius 1 is 1.21 bits per heavy atom. The molecule has 0 radical (unpaired) electrons. The highest BCUT2D eigenvalue weighted by Gasteiger charge is 2.41. The van der Waals surface area contributed by atoms with Crippen molar-refractivity contribution in [1.82, 2.24) is 0 Å². The lowest BCUT2D eigenvalue weighted by atomic mass is 9.79. The van der Waals surface area contributed by atoms with Crippen molar-refractivity contribution in [3.8, 4) is 0 Å². The normalized spacial score (nSPS) is 27.6. The SMILES string of the molecule is NC(c1ccc(Cl)cc1)C1CCOC2(CCCC2)C1. The monoisotopic (exact) mass is 279 g/mol. The van der Waals surface area contributed by atoms with Gasteiger partial charge in [-0.1, -0.05) is 36.6 Å². The van der Waals surface area contributed by atoms with Crippen molar-refractivity contribution < 1.29 is 4.74 Å². The molecule has 3 heteroatoms. The Kier molecular flexibility index (Phi) is 3.84. The Labute approximate surface area is 120 Å². The maximum absolute atomic E-state index is 6.47. The van der Waals surface area contributed by atoms with Gasteiger partial charge in [0.25, 0.3) is 0 Å². The summed E-state index contributed by atoms with van der Waals surface area (Å²) in [6.45, 7) is 0.867. The minimum absolute atomic E-state index is 0.110. The molecule has 1 aromatic rings. The highest BCUT2D eigenvalue weighted by atomic mass is 35.5. The summed E-state index contributed by atoms with van der Waals surface area (Å²) in [7, 11) is 0. The van der Waals surface area contributed by atoms with E-state index in [1.54, 1.807) is 0 Å². The Hall–Kier alpha value is -0.570. The number of hydrogen-bond donors (Lipinski definition) is 1. The molecule has 2 nitrogen and oxygen atoms in total. The molecule has 1 aliphatic heterocycles. The van der Waals surface area contributed by atoms with Crippen LogP contribution in [0.1, 0.15) is 50.1 Å². The van der Waals surface area contributed by atoms with Gasteiger partial charge in [-0.25, -0.2) is 0 Å². The van der Waals surface area contributed by atoms with Crippen molar-refractivity contribution >= 4 is 11.6 Å². The molecule has 2 unspecified atom stereocenters. The fourth-order valence-corrected chi connectivity index (χ4v) is 3.82. The summed E-state index contributed by atoms with van der Waals surface area (Å²) >= 11 is 5.94. The van der Waals surface area contributed by atoms with Gasteiger partial charge in [0.1, 0.15) is 0 Å². The predicted molar refractivity (Wildman–Crippen MR) is 78.3 cm³/mol. The molecule has 1 aromatic carbocycles. The van der Waals surface area contributed by atoms with Gasteiger partial charge in [-0.2, -0.15) is 0 Å². The van der Waals surface area contributed by atoms with Crippen LogP contribution in [-0.2, 0) is 4.74 Å². The van der Waals surface area contributed by atoms with E-state index in [-0.39, 0.29) is 11.6 Å². The molecular weight excluding hydrogens is 258 g/mol. The summed E-state index contributed by atoms with van der Waals surface area (Å²) in [6.07, 6.45) is 7.25.